The number of anilines is 6. The fourth-order valence-corrected chi connectivity index (χ4v) is 13.0. The van der Waals surface area contributed by atoms with E-state index >= 15 is 0 Å². The summed E-state index contributed by atoms with van der Waals surface area (Å²) in [6, 6.07) is 95.2. The normalized spacial score (nSPS) is 13.9. The molecule has 0 radical (unpaired) electrons. The molecule has 4 nitrogen and oxygen atoms in total. The maximum Gasteiger partial charge on any atom is 0.100 e. The number of para-hydroxylation sites is 6. The third kappa shape index (κ3) is 6.97. The van der Waals surface area contributed by atoms with Crippen molar-refractivity contribution in [2.45, 2.75) is 38.5 Å². The van der Waals surface area contributed by atoms with Crippen molar-refractivity contribution < 1.29 is 0 Å². The minimum atomic E-state index is -0.325. The smallest absolute Gasteiger partial charge is 0.100 e. The summed E-state index contributed by atoms with van der Waals surface area (Å²) < 4.78 is 2.51. The van der Waals surface area contributed by atoms with Gasteiger partial charge in [0.15, 0.2) is 0 Å². The van der Waals surface area contributed by atoms with Crippen LogP contribution in [0.1, 0.15) is 55.5 Å². The number of rotatable bonds is 7. The Bertz CT molecular complexity index is 4070. The van der Waals surface area contributed by atoms with Crippen LogP contribution in [0, 0.1) is 11.3 Å². The number of hydrogen-bond acceptors (Lipinski definition) is 3. The number of benzene rings is 11. The standard InChI is InChI=1S/C73H54N4/c1-72(2)57-35-19-23-39-63(57)75(52-29-13-7-14-30-52)65-45-50(41-43-59(65)72)69-67(48-25-9-5-10-26-48)56(47-74)68(49-27-11-6-12-28-49)70(71(69)77-61-37-21-17-33-54(61)55-34-18-22-38-62(55)77)51-42-44-60-66(46-51)76(53-31-15-8-16-32-53)64-40-24-20-36-58(64)73(60,3)4/h5-46H,1-4H3. The van der Waals surface area contributed by atoms with Gasteiger partial charge in [-0.3, -0.25) is 0 Å². The molecular weight excluding hydrogens is 933 g/mol. The van der Waals surface area contributed by atoms with Crippen LogP contribution in [0.2, 0.25) is 0 Å². The molecule has 0 saturated heterocycles. The van der Waals surface area contributed by atoms with Crippen LogP contribution < -0.4 is 9.80 Å². The zero-order valence-corrected chi connectivity index (χ0v) is 43.5. The van der Waals surface area contributed by atoms with E-state index in [1.807, 2.05) is 0 Å². The lowest BCUT2D eigenvalue weighted by molar-refractivity contribution is 0.632. The molecule has 0 spiro atoms. The fraction of sp³-hybridized carbons (Fsp3) is 0.0822. The van der Waals surface area contributed by atoms with Crippen LogP contribution in [-0.4, -0.2) is 4.57 Å². The van der Waals surface area contributed by atoms with Gasteiger partial charge in [-0.15, -0.1) is 0 Å². The summed E-state index contributed by atoms with van der Waals surface area (Å²) in [6.07, 6.45) is 0. The molecular formula is C73H54N4. The van der Waals surface area contributed by atoms with Gasteiger partial charge in [0.2, 0.25) is 0 Å². The first-order valence-corrected chi connectivity index (χ1v) is 26.7. The quantitative estimate of drug-likeness (QED) is 0.160. The zero-order valence-electron chi connectivity index (χ0n) is 43.5. The van der Waals surface area contributed by atoms with Gasteiger partial charge in [0.1, 0.15) is 6.07 Å². The van der Waals surface area contributed by atoms with Crippen LogP contribution in [0.15, 0.2) is 255 Å². The molecule has 0 fully saturated rings. The lowest BCUT2D eigenvalue weighted by Gasteiger charge is -2.42. The number of nitrogens with zero attached hydrogens (tertiary/aromatic N) is 4. The summed E-state index contributed by atoms with van der Waals surface area (Å²) in [4.78, 5) is 4.88. The highest BCUT2D eigenvalue weighted by molar-refractivity contribution is 6.14. The van der Waals surface area contributed by atoms with Crippen molar-refractivity contribution in [2.24, 2.45) is 0 Å². The minimum Gasteiger partial charge on any atom is -0.310 e. The molecule has 366 valence electrons. The average Bonchev–Trinajstić information content (AvgIpc) is 3.84. The molecule has 1 aromatic heterocycles. The molecule has 0 unspecified atom stereocenters. The van der Waals surface area contributed by atoms with E-state index in [1.54, 1.807) is 0 Å². The fourth-order valence-electron chi connectivity index (χ4n) is 13.0. The maximum absolute atomic E-state index is 12.3. The Labute approximate surface area is 450 Å². The van der Waals surface area contributed by atoms with E-state index in [0.29, 0.717) is 5.56 Å². The minimum absolute atomic E-state index is 0.325. The predicted octanol–water partition coefficient (Wildman–Crippen LogP) is 19.5. The molecule has 2 aliphatic rings. The van der Waals surface area contributed by atoms with E-state index in [2.05, 4.69) is 303 Å². The van der Waals surface area contributed by atoms with E-state index in [0.717, 1.165) is 106 Å². The number of fused-ring (bicyclic) bond motifs is 7. The van der Waals surface area contributed by atoms with Crippen LogP contribution in [0.3, 0.4) is 0 Å². The topological polar surface area (TPSA) is 35.2 Å². The molecule has 3 heterocycles. The Hall–Kier alpha value is -9.69. The highest BCUT2D eigenvalue weighted by Crippen LogP contribution is 2.58. The van der Waals surface area contributed by atoms with E-state index in [1.165, 1.54) is 22.3 Å². The predicted molar refractivity (Wildman–Crippen MR) is 321 cm³/mol. The third-order valence-corrected chi connectivity index (χ3v) is 16.6. The molecule has 12 aromatic rings. The van der Waals surface area contributed by atoms with Gasteiger partial charge in [0.05, 0.1) is 45.0 Å². The Balaban J connectivity index is 1.20. The summed E-state index contributed by atoms with van der Waals surface area (Å²) in [7, 11) is 0. The maximum atomic E-state index is 12.3. The highest BCUT2D eigenvalue weighted by Gasteiger charge is 2.40. The Morgan fingerprint density at radius 1 is 0.325 bits per heavy atom. The van der Waals surface area contributed by atoms with Crippen molar-refractivity contribution >= 4 is 55.9 Å². The SMILES string of the molecule is CC1(C)c2ccccc2N(c2ccccc2)c2cc(-c3c(-c4ccccc4)c(C#N)c(-c4ccccc4)c(-c4ccc5c(c4)N(c4ccccc4)c4ccccc4C5(C)C)c3-n3c4ccccc4c4ccccc43)ccc21. The van der Waals surface area contributed by atoms with Crippen molar-refractivity contribution in [3.05, 3.63) is 283 Å². The summed E-state index contributed by atoms with van der Waals surface area (Å²) in [5.74, 6) is 0. The molecule has 0 aliphatic carbocycles. The molecule has 0 N–H and O–H groups in total. The summed E-state index contributed by atoms with van der Waals surface area (Å²) in [6.45, 7) is 9.39. The van der Waals surface area contributed by atoms with Gasteiger partial charge in [-0.05, 0) is 105 Å². The van der Waals surface area contributed by atoms with Crippen molar-refractivity contribution in [3.63, 3.8) is 0 Å². The monoisotopic (exact) mass is 986 g/mol. The van der Waals surface area contributed by atoms with E-state index in [4.69, 9.17) is 0 Å². The van der Waals surface area contributed by atoms with Gasteiger partial charge in [-0.25, -0.2) is 0 Å². The van der Waals surface area contributed by atoms with Crippen molar-refractivity contribution in [3.8, 4) is 56.3 Å². The molecule has 0 bridgehead atoms. The van der Waals surface area contributed by atoms with Crippen molar-refractivity contribution in [2.75, 3.05) is 9.80 Å². The van der Waals surface area contributed by atoms with Gasteiger partial charge in [-0.1, -0.05) is 222 Å². The lowest BCUT2D eigenvalue weighted by atomic mass is 9.72. The van der Waals surface area contributed by atoms with E-state index in [9.17, 15) is 5.26 Å². The first kappa shape index (κ1) is 45.9. The van der Waals surface area contributed by atoms with Crippen LogP contribution >= 0.6 is 0 Å². The Kier molecular flexibility index (Phi) is 10.6. The average molecular weight is 987 g/mol. The zero-order chi connectivity index (χ0) is 52.0. The molecule has 0 amide bonds. The molecule has 77 heavy (non-hydrogen) atoms. The van der Waals surface area contributed by atoms with Crippen molar-refractivity contribution in [1.82, 2.24) is 4.57 Å². The summed E-state index contributed by atoms with van der Waals surface area (Å²) >= 11 is 0. The van der Waals surface area contributed by atoms with Gasteiger partial charge in [0.25, 0.3) is 0 Å². The largest absolute Gasteiger partial charge is 0.310 e. The molecule has 0 saturated carbocycles. The molecule has 4 heteroatoms. The highest BCUT2D eigenvalue weighted by atomic mass is 15.2. The van der Waals surface area contributed by atoms with Crippen LogP contribution in [0.4, 0.5) is 34.1 Å². The molecule has 14 rings (SSSR count). The first-order valence-electron chi connectivity index (χ1n) is 26.7. The van der Waals surface area contributed by atoms with Crippen LogP contribution in [-0.2, 0) is 10.8 Å². The second-order valence-electron chi connectivity index (χ2n) is 21.5. The number of nitriles is 1. The van der Waals surface area contributed by atoms with Gasteiger partial charge in [-0.2, -0.15) is 5.26 Å². The Morgan fingerprint density at radius 2 is 0.675 bits per heavy atom. The second-order valence-corrected chi connectivity index (χ2v) is 21.5. The van der Waals surface area contributed by atoms with Crippen LogP contribution in [0.5, 0.6) is 0 Å². The van der Waals surface area contributed by atoms with Crippen molar-refractivity contribution in [1.29, 1.82) is 5.26 Å². The van der Waals surface area contributed by atoms with E-state index < -0.39 is 0 Å². The summed E-state index contributed by atoms with van der Waals surface area (Å²) in [5.41, 5.74) is 22.4. The number of aromatic nitrogens is 1. The van der Waals surface area contributed by atoms with Gasteiger partial charge < -0.3 is 14.4 Å². The van der Waals surface area contributed by atoms with Gasteiger partial charge in [0, 0.05) is 55.2 Å². The third-order valence-electron chi connectivity index (χ3n) is 16.6. The number of hydrogen-bond donors (Lipinski definition) is 0. The Morgan fingerprint density at radius 3 is 1.09 bits per heavy atom. The second kappa shape index (κ2) is 17.7. The van der Waals surface area contributed by atoms with E-state index in [-0.39, 0.29) is 10.8 Å². The molecule has 11 aromatic carbocycles. The molecule has 2 aliphatic heterocycles. The first-order chi connectivity index (χ1) is 37.7. The van der Waals surface area contributed by atoms with Gasteiger partial charge >= 0.3 is 0 Å². The molecule has 0 atom stereocenters. The summed E-state index contributed by atoms with van der Waals surface area (Å²) in [5, 5.41) is 14.6. The lowest BCUT2D eigenvalue weighted by Crippen LogP contribution is -2.30. The van der Waals surface area contributed by atoms with Crippen LogP contribution in [0.25, 0.3) is 72.0 Å².